The lowest BCUT2D eigenvalue weighted by Crippen LogP contribution is -2.29. The van der Waals surface area contributed by atoms with E-state index >= 15 is 0 Å². The van der Waals surface area contributed by atoms with Crippen molar-refractivity contribution in [3.63, 3.8) is 0 Å². The summed E-state index contributed by atoms with van der Waals surface area (Å²) < 4.78 is 24.9. The van der Waals surface area contributed by atoms with Gasteiger partial charge in [0.2, 0.25) is 0 Å². The van der Waals surface area contributed by atoms with Crippen LogP contribution in [-0.2, 0) is 9.59 Å². The summed E-state index contributed by atoms with van der Waals surface area (Å²) in [6.07, 6.45) is 0. The van der Waals surface area contributed by atoms with Gasteiger partial charge in [-0.05, 0) is 66.4 Å². The number of rotatable bonds is 7. The number of hydrogen-bond donors (Lipinski definition) is 2. The van der Waals surface area contributed by atoms with Crippen molar-refractivity contribution in [2.45, 2.75) is 32.7 Å². The molecule has 0 spiro atoms. The topological polar surface area (TPSA) is 96.3 Å². The lowest BCUT2D eigenvalue weighted by atomic mass is 9.94. The number of aliphatic hydroxyl groups excluding tert-OH is 1. The largest absolute Gasteiger partial charge is 0.507 e. The van der Waals surface area contributed by atoms with Gasteiger partial charge in [0.15, 0.2) is 11.5 Å². The number of aliphatic hydroxyl groups is 1. The third-order valence-corrected chi connectivity index (χ3v) is 6.30. The van der Waals surface area contributed by atoms with E-state index < -0.39 is 29.3 Å². The van der Waals surface area contributed by atoms with Gasteiger partial charge >= 0.3 is 0 Å². The number of carbonyl (C=O) groups excluding carboxylic acids is 2. The molecular weight excluding hydrogens is 477 g/mol. The molecule has 8 heteroatoms. The van der Waals surface area contributed by atoms with E-state index in [1.807, 2.05) is 26.0 Å². The van der Waals surface area contributed by atoms with Gasteiger partial charge in [0.1, 0.15) is 17.3 Å². The van der Waals surface area contributed by atoms with Crippen LogP contribution >= 0.6 is 0 Å². The standard InChI is InChI=1S/C29H28FNO6/c1-5-37-24-14-18(8-12-22(24)32)26-25(27(33)21-15-19(30)9-13-23(21)36-4)28(34)29(35)31(26)20-10-6-17(7-11-20)16(2)3/h6-16,26,32-33H,5H2,1-4H3/b27-25+. The van der Waals surface area contributed by atoms with Gasteiger partial charge in [-0.2, -0.15) is 0 Å². The van der Waals surface area contributed by atoms with Crippen LogP contribution in [0.1, 0.15) is 49.4 Å². The summed E-state index contributed by atoms with van der Waals surface area (Å²) in [6.45, 7) is 6.11. The number of phenolic OH excluding ortho intramolecular Hbond substituents is 1. The number of phenols is 1. The fourth-order valence-corrected chi connectivity index (χ4v) is 4.42. The summed E-state index contributed by atoms with van der Waals surface area (Å²) in [7, 11) is 1.35. The van der Waals surface area contributed by atoms with E-state index in [0.717, 1.165) is 17.7 Å². The Balaban J connectivity index is 1.98. The highest BCUT2D eigenvalue weighted by atomic mass is 19.1. The number of halogens is 1. The van der Waals surface area contributed by atoms with E-state index in [1.165, 1.54) is 30.2 Å². The zero-order chi connectivity index (χ0) is 26.9. The van der Waals surface area contributed by atoms with Crippen molar-refractivity contribution in [1.29, 1.82) is 0 Å². The Morgan fingerprint density at radius 1 is 1.03 bits per heavy atom. The number of anilines is 1. The maximum atomic E-state index is 14.2. The predicted molar refractivity (Wildman–Crippen MR) is 138 cm³/mol. The Labute approximate surface area is 214 Å². The number of methoxy groups -OCH3 is 1. The second-order valence-corrected chi connectivity index (χ2v) is 8.92. The normalized spacial score (nSPS) is 16.9. The first kappa shape index (κ1) is 25.8. The summed E-state index contributed by atoms with van der Waals surface area (Å²) in [5, 5.41) is 21.6. The molecule has 1 amide bonds. The van der Waals surface area contributed by atoms with Crippen LogP contribution < -0.4 is 14.4 Å². The molecule has 1 fully saturated rings. The van der Waals surface area contributed by atoms with Crippen LogP contribution in [0.4, 0.5) is 10.1 Å². The van der Waals surface area contributed by atoms with Gasteiger partial charge in [-0.15, -0.1) is 0 Å². The van der Waals surface area contributed by atoms with Crippen molar-refractivity contribution in [1.82, 2.24) is 0 Å². The Bertz CT molecular complexity index is 1380. The van der Waals surface area contributed by atoms with Gasteiger partial charge in [-0.3, -0.25) is 14.5 Å². The van der Waals surface area contributed by atoms with Crippen molar-refractivity contribution in [2.24, 2.45) is 0 Å². The predicted octanol–water partition coefficient (Wildman–Crippen LogP) is 5.69. The fraction of sp³-hybridized carbons (Fsp3) is 0.241. The molecule has 1 aliphatic rings. The number of ether oxygens (including phenoxy) is 2. The van der Waals surface area contributed by atoms with Crippen molar-refractivity contribution in [3.05, 3.63) is 88.7 Å². The number of aromatic hydroxyl groups is 1. The molecule has 0 saturated carbocycles. The van der Waals surface area contributed by atoms with Gasteiger partial charge in [-0.25, -0.2) is 4.39 Å². The molecule has 3 aromatic rings. The first-order chi connectivity index (χ1) is 17.7. The summed E-state index contributed by atoms with van der Waals surface area (Å²) in [5.74, 6) is -2.59. The van der Waals surface area contributed by atoms with E-state index in [4.69, 9.17) is 9.47 Å². The minimum absolute atomic E-state index is 0.0653. The van der Waals surface area contributed by atoms with Crippen LogP contribution in [-0.4, -0.2) is 35.6 Å². The molecule has 1 atom stereocenters. The Hall–Kier alpha value is -4.33. The summed E-state index contributed by atoms with van der Waals surface area (Å²) >= 11 is 0. The molecule has 3 aromatic carbocycles. The highest BCUT2D eigenvalue weighted by molar-refractivity contribution is 6.51. The quantitative estimate of drug-likeness (QED) is 0.243. The first-order valence-electron chi connectivity index (χ1n) is 11.9. The van der Waals surface area contributed by atoms with E-state index in [0.29, 0.717) is 11.3 Å². The summed E-state index contributed by atoms with van der Waals surface area (Å²) in [6, 6.07) is 14.1. The molecule has 7 nitrogen and oxygen atoms in total. The van der Waals surface area contributed by atoms with Crippen molar-refractivity contribution in [2.75, 3.05) is 18.6 Å². The molecule has 0 aliphatic carbocycles. The third kappa shape index (κ3) is 4.74. The average molecular weight is 506 g/mol. The number of amides is 1. The van der Waals surface area contributed by atoms with Crippen LogP contribution in [0.2, 0.25) is 0 Å². The molecule has 4 rings (SSSR count). The van der Waals surface area contributed by atoms with Crippen LogP contribution in [0.15, 0.2) is 66.2 Å². The Morgan fingerprint density at radius 2 is 1.73 bits per heavy atom. The zero-order valence-corrected chi connectivity index (χ0v) is 21.0. The van der Waals surface area contributed by atoms with Crippen LogP contribution in [0.25, 0.3) is 5.76 Å². The van der Waals surface area contributed by atoms with E-state index in [-0.39, 0.29) is 40.9 Å². The third-order valence-electron chi connectivity index (χ3n) is 6.30. The van der Waals surface area contributed by atoms with E-state index in [1.54, 1.807) is 25.1 Å². The van der Waals surface area contributed by atoms with Crippen molar-refractivity contribution in [3.8, 4) is 17.2 Å². The van der Waals surface area contributed by atoms with Crippen LogP contribution in [0.3, 0.4) is 0 Å². The lowest BCUT2D eigenvalue weighted by Gasteiger charge is -2.26. The maximum Gasteiger partial charge on any atom is 0.300 e. The maximum absolute atomic E-state index is 14.2. The van der Waals surface area contributed by atoms with Crippen LogP contribution in [0, 0.1) is 5.82 Å². The molecule has 1 heterocycles. The SMILES string of the molecule is CCOc1cc(C2/C(=C(\O)c3cc(F)ccc3OC)C(=O)C(=O)N2c2ccc(C(C)C)cc2)ccc1O. The first-order valence-corrected chi connectivity index (χ1v) is 11.9. The highest BCUT2D eigenvalue weighted by Gasteiger charge is 2.47. The second-order valence-electron chi connectivity index (χ2n) is 8.92. The lowest BCUT2D eigenvalue weighted by molar-refractivity contribution is -0.132. The smallest absolute Gasteiger partial charge is 0.300 e. The molecular formula is C29H28FNO6. The van der Waals surface area contributed by atoms with Gasteiger partial charge < -0.3 is 19.7 Å². The Morgan fingerprint density at radius 3 is 2.35 bits per heavy atom. The number of nitrogens with zero attached hydrogens (tertiary/aromatic N) is 1. The fourth-order valence-electron chi connectivity index (χ4n) is 4.42. The van der Waals surface area contributed by atoms with Gasteiger partial charge in [-0.1, -0.05) is 32.0 Å². The molecule has 0 bridgehead atoms. The molecule has 1 aliphatic heterocycles. The molecule has 37 heavy (non-hydrogen) atoms. The number of benzene rings is 3. The van der Waals surface area contributed by atoms with E-state index in [9.17, 15) is 24.2 Å². The van der Waals surface area contributed by atoms with Crippen molar-refractivity contribution < 1.29 is 33.7 Å². The minimum atomic E-state index is -1.09. The van der Waals surface area contributed by atoms with Gasteiger partial charge in [0.05, 0.1) is 30.9 Å². The molecule has 1 unspecified atom stereocenters. The zero-order valence-electron chi connectivity index (χ0n) is 21.0. The van der Waals surface area contributed by atoms with Crippen LogP contribution in [0.5, 0.6) is 17.2 Å². The molecule has 192 valence electrons. The molecule has 1 saturated heterocycles. The van der Waals surface area contributed by atoms with Crippen molar-refractivity contribution >= 4 is 23.1 Å². The molecule has 0 aromatic heterocycles. The summed E-state index contributed by atoms with van der Waals surface area (Å²) in [5.41, 5.74) is 1.59. The monoisotopic (exact) mass is 505 g/mol. The average Bonchev–Trinajstić information content (AvgIpc) is 3.15. The van der Waals surface area contributed by atoms with Gasteiger partial charge in [0, 0.05) is 5.69 Å². The number of carbonyl (C=O) groups is 2. The Kier molecular flexibility index (Phi) is 7.20. The second kappa shape index (κ2) is 10.3. The molecule has 0 radical (unpaired) electrons. The number of Topliss-reactive ketones (excluding diaryl/α,β-unsaturated/α-hetero) is 1. The van der Waals surface area contributed by atoms with E-state index in [2.05, 4.69) is 0 Å². The number of hydrogen-bond acceptors (Lipinski definition) is 6. The highest BCUT2D eigenvalue weighted by Crippen LogP contribution is 2.45. The molecule has 2 N–H and O–H groups in total. The van der Waals surface area contributed by atoms with Gasteiger partial charge in [0.25, 0.3) is 11.7 Å². The minimum Gasteiger partial charge on any atom is -0.507 e. The number of ketones is 1. The summed E-state index contributed by atoms with van der Waals surface area (Å²) in [4.78, 5) is 28.1.